The first-order valence-electron chi connectivity index (χ1n) is 6.40. The van der Waals surface area contributed by atoms with Crippen LogP contribution in [0.15, 0.2) is 36.8 Å². The minimum Gasteiger partial charge on any atom is -0.497 e. The fraction of sp³-hybridized carbons (Fsp3) is 0.214. The van der Waals surface area contributed by atoms with E-state index in [2.05, 4.69) is 20.4 Å². The van der Waals surface area contributed by atoms with Crippen LogP contribution in [0.5, 0.6) is 5.75 Å². The number of nitrogens with zero attached hydrogens (tertiary/aromatic N) is 4. The molecule has 0 saturated heterocycles. The van der Waals surface area contributed by atoms with Gasteiger partial charge in [0.05, 0.1) is 19.0 Å². The summed E-state index contributed by atoms with van der Waals surface area (Å²) in [6.45, 7) is 2.80. The second-order valence-corrected chi connectivity index (χ2v) is 4.25. The summed E-state index contributed by atoms with van der Waals surface area (Å²) >= 11 is 0. The summed E-state index contributed by atoms with van der Waals surface area (Å²) in [7, 11) is 1.65. The van der Waals surface area contributed by atoms with Crippen LogP contribution in [0.4, 0.5) is 5.82 Å². The van der Waals surface area contributed by atoms with E-state index < -0.39 is 0 Å². The number of ether oxygens (including phenoxy) is 1. The van der Waals surface area contributed by atoms with Crippen LogP contribution in [-0.4, -0.2) is 33.2 Å². The molecule has 3 aromatic rings. The summed E-state index contributed by atoms with van der Waals surface area (Å²) in [5.41, 5.74) is 2.62. The number of hydrogen-bond acceptors (Lipinski definition) is 5. The second-order valence-electron chi connectivity index (χ2n) is 4.25. The van der Waals surface area contributed by atoms with Crippen LogP contribution < -0.4 is 10.1 Å². The molecule has 0 fully saturated rings. The second kappa shape index (κ2) is 5.16. The maximum Gasteiger partial charge on any atom is 0.197 e. The highest BCUT2D eigenvalue weighted by Gasteiger charge is 2.11. The zero-order chi connectivity index (χ0) is 13.9. The lowest BCUT2D eigenvalue weighted by Crippen LogP contribution is -2.04. The molecule has 102 valence electrons. The van der Waals surface area contributed by atoms with Gasteiger partial charge in [0.15, 0.2) is 11.5 Å². The van der Waals surface area contributed by atoms with Crippen molar-refractivity contribution < 1.29 is 4.74 Å². The molecule has 0 spiro atoms. The molecule has 0 unspecified atom stereocenters. The van der Waals surface area contributed by atoms with E-state index in [0.29, 0.717) is 5.65 Å². The van der Waals surface area contributed by atoms with Crippen LogP contribution in [0.1, 0.15) is 6.92 Å². The average Bonchev–Trinajstić information content (AvgIpc) is 2.93. The molecular formula is C14H15N5O. The molecule has 0 aliphatic carbocycles. The highest BCUT2D eigenvalue weighted by Crippen LogP contribution is 2.25. The normalized spacial score (nSPS) is 10.7. The molecule has 0 radical (unpaired) electrons. The minimum atomic E-state index is 0.715. The molecule has 0 aliphatic heterocycles. The van der Waals surface area contributed by atoms with Crippen molar-refractivity contribution in [3.63, 3.8) is 0 Å². The molecule has 20 heavy (non-hydrogen) atoms. The summed E-state index contributed by atoms with van der Waals surface area (Å²) in [5.74, 6) is 1.54. The first kappa shape index (κ1) is 12.4. The third-order valence-corrected chi connectivity index (χ3v) is 3.01. The van der Waals surface area contributed by atoms with Crippen LogP contribution in [0, 0.1) is 0 Å². The maximum atomic E-state index is 5.25. The predicted octanol–water partition coefficient (Wildman–Crippen LogP) is 2.23. The number of aromatic nitrogens is 4. The Morgan fingerprint density at radius 3 is 3.00 bits per heavy atom. The minimum absolute atomic E-state index is 0.715. The Bertz CT molecular complexity index is 737. The molecule has 0 amide bonds. The number of rotatable bonds is 4. The summed E-state index contributed by atoms with van der Waals surface area (Å²) in [6.07, 6.45) is 3.32. The number of nitrogens with one attached hydrogen (secondary N) is 1. The molecule has 6 nitrogen and oxygen atoms in total. The van der Waals surface area contributed by atoms with Gasteiger partial charge in [-0.2, -0.15) is 5.10 Å². The average molecular weight is 269 g/mol. The van der Waals surface area contributed by atoms with E-state index in [4.69, 9.17) is 4.74 Å². The fourth-order valence-electron chi connectivity index (χ4n) is 2.09. The summed E-state index contributed by atoms with van der Waals surface area (Å²) in [5, 5.41) is 7.46. The Morgan fingerprint density at radius 2 is 2.20 bits per heavy atom. The summed E-state index contributed by atoms with van der Waals surface area (Å²) in [6, 6.07) is 7.81. The first-order valence-corrected chi connectivity index (χ1v) is 6.40. The third kappa shape index (κ3) is 2.05. The van der Waals surface area contributed by atoms with E-state index in [1.165, 1.54) is 6.33 Å². The standard InChI is InChI=1S/C14H15N5O/c1-3-15-13-14-16-8-12(19(14)18-9-17-13)10-5-4-6-11(7-10)20-2/h4-9H,3H2,1-2H3,(H,15,17,18). The van der Waals surface area contributed by atoms with Crippen molar-refractivity contribution in [2.24, 2.45) is 0 Å². The summed E-state index contributed by atoms with van der Waals surface area (Å²) < 4.78 is 7.03. The lowest BCUT2D eigenvalue weighted by molar-refractivity contribution is 0.415. The number of imidazole rings is 1. The predicted molar refractivity (Wildman–Crippen MR) is 76.9 cm³/mol. The van der Waals surface area contributed by atoms with Crippen LogP contribution in [0.25, 0.3) is 16.9 Å². The Balaban J connectivity index is 2.14. The van der Waals surface area contributed by atoms with Gasteiger partial charge in [-0.25, -0.2) is 14.5 Å². The van der Waals surface area contributed by atoms with Gasteiger partial charge in [-0.3, -0.25) is 0 Å². The Hall–Kier alpha value is -2.63. The topological polar surface area (TPSA) is 64.3 Å². The van der Waals surface area contributed by atoms with E-state index in [0.717, 1.165) is 29.4 Å². The number of anilines is 1. The smallest absolute Gasteiger partial charge is 0.197 e. The fourth-order valence-corrected chi connectivity index (χ4v) is 2.09. The molecule has 1 N–H and O–H groups in total. The van der Waals surface area contributed by atoms with Crippen LogP contribution in [-0.2, 0) is 0 Å². The van der Waals surface area contributed by atoms with Gasteiger partial charge in [-0.15, -0.1) is 0 Å². The van der Waals surface area contributed by atoms with Crippen molar-refractivity contribution in [3.8, 4) is 17.0 Å². The van der Waals surface area contributed by atoms with Gasteiger partial charge in [0.25, 0.3) is 0 Å². The molecule has 0 atom stereocenters. The van der Waals surface area contributed by atoms with Gasteiger partial charge in [-0.1, -0.05) is 12.1 Å². The summed E-state index contributed by atoms with van der Waals surface area (Å²) in [4.78, 5) is 8.61. The Labute approximate surface area is 116 Å². The molecule has 1 aromatic carbocycles. The monoisotopic (exact) mass is 269 g/mol. The van der Waals surface area contributed by atoms with Crippen molar-refractivity contribution >= 4 is 11.5 Å². The Morgan fingerprint density at radius 1 is 1.30 bits per heavy atom. The lowest BCUT2D eigenvalue weighted by Gasteiger charge is -2.05. The van der Waals surface area contributed by atoms with Gasteiger partial charge in [0, 0.05) is 12.1 Å². The highest BCUT2D eigenvalue weighted by molar-refractivity contribution is 5.70. The Kier molecular flexibility index (Phi) is 3.20. The maximum absolute atomic E-state index is 5.25. The molecule has 0 saturated carbocycles. The molecule has 2 aromatic heterocycles. The molecule has 0 bridgehead atoms. The van der Waals surface area contributed by atoms with Crippen LogP contribution in [0.3, 0.4) is 0 Å². The largest absolute Gasteiger partial charge is 0.497 e. The number of benzene rings is 1. The van der Waals surface area contributed by atoms with E-state index in [-0.39, 0.29) is 0 Å². The van der Waals surface area contributed by atoms with Gasteiger partial charge >= 0.3 is 0 Å². The van der Waals surface area contributed by atoms with Gasteiger partial charge in [0.2, 0.25) is 0 Å². The van der Waals surface area contributed by atoms with E-state index in [1.807, 2.05) is 31.2 Å². The zero-order valence-corrected chi connectivity index (χ0v) is 11.4. The van der Waals surface area contributed by atoms with Crippen molar-refractivity contribution in [2.45, 2.75) is 6.92 Å². The van der Waals surface area contributed by atoms with Gasteiger partial charge in [-0.05, 0) is 19.1 Å². The number of fused-ring (bicyclic) bond motifs is 1. The quantitative estimate of drug-likeness (QED) is 0.787. The van der Waals surface area contributed by atoms with E-state index >= 15 is 0 Å². The van der Waals surface area contributed by atoms with Crippen molar-refractivity contribution in [3.05, 3.63) is 36.8 Å². The van der Waals surface area contributed by atoms with Crippen LogP contribution in [0.2, 0.25) is 0 Å². The van der Waals surface area contributed by atoms with Gasteiger partial charge in [0.1, 0.15) is 12.1 Å². The zero-order valence-electron chi connectivity index (χ0n) is 11.4. The first-order chi connectivity index (χ1) is 9.83. The highest BCUT2D eigenvalue weighted by atomic mass is 16.5. The van der Waals surface area contributed by atoms with E-state index in [9.17, 15) is 0 Å². The molecule has 2 heterocycles. The molecular weight excluding hydrogens is 254 g/mol. The van der Waals surface area contributed by atoms with Crippen molar-refractivity contribution in [1.29, 1.82) is 0 Å². The lowest BCUT2D eigenvalue weighted by atomic mass is 10.1. The van der Waals surface area contributed by atoms with Crippen LogP contribution >= 0.6 is 0 Å². The van der Waals surface area contributed by atoms with Crippen molar-refractivity contribution in [1.82, 2.24) is 19.6 Å². The van der Waals surface area contributed by atoms with Gasteiger partial charge < -0.3 is 10.1 Å². The number of methoxy groups -OCH3 is 1. The third-order valence-electron chi connectivity index (χ3n) is 3.01. The molecule has 3 rings (SSSR count). The SMILES string of the molecule is CCNc1ncnn2c(-c3cccc(OC)c3)cnc12. The molecule has 6 heteroatoms. The number of hydrogen-bond donors (Lipinski definition) is 1. The van der Waals surface area contributed by atoms with Crippen molar-refractivity contribution in [2.75, 3.05) is 19.0 Å². The molecule has 0 aliphatic rings. The van der Waals surface area contributed by atoms with E-state index in [1.54, 1.807) is 17.8 Å².